The summed E-state index contributed by atoms with van der Waals surface area (Å²) in [6.45, 7) is 2.76. The Morgan fingerprint density at radius 1 is 0.962 bits per heavy atom. The van der Waals surface area contributed by atoms with Gasteiger partial charge in [-0.25, -0.2) is 9.78 Å². The summed E-state index contributed by atoms with van der Waals surface area (Å²) in [7, 11) is 0. The number of fused-ring (bicyclic) bond motifs is 3. The number of benzene rings is 2. The molecule has 1 unspecified atom stereocenters. The molecular weight excluding hydrogens is 328 g/mol. The minimum absolute atomic E-state index is 0.271. The fourth-order valence-corrected chi connectivity index (χ4v) is 3.79. The maximum Gasteiger partial charge on any atom is 0.341 e. The van der Waals surface area contributed by atoms with Crippen LogP contribution in [0, 0.1) is 0 Å². The molecule has 0 aliphatic carbocycles. The topological polar surface area (TPSA) is 51.7 Å². The first-order chi connectivity index (χ1) is 12.8. The van der Waals surface area contributed by atoms with Crippen molar-refractivity contribution in [1.82, 2.24) is 9.88 Å². The summed E-state index contributed by atoms with van der Waals surface area (Å²) >= 11 is 0. The quantitative estimate of drug-likeness (QED) is 0.666. The van der Waals surface area contributed by atoms with Gasteiger partial charge >= 0.3 is 5.97 Å². The molecule has 5 nitrogen and oxygen atoms in total. The van der Waals surface area contributed by atoms with Gasteiger partial charge in [0, 0.05) is 29.6 Å². The molecule has 130 valence electrons. The molecule has 5 rings (SSSR count). The minimum Gasteiger partial charge on any atom is -0.438 e. The molecule has 1 aromatic heterocycles. The van der Waals surface area contributed by atoms with Gasteiger partial charge in [-0.1, -0.05) is 48.5 Å². The second kappa shape index (κ2) is 6.20. The second-order valence-corrected chi connectivity index (χ2v) is 6.54. The van der Waals surface area contributed by atoms with Crippen molar-refractivity contribution >= 4 is 16.9 Å². The Kier molecular flexibility index (Phi) is 3.69. The third-order valence-electron chi connectivity index (χ3n) is 5.02. The van der Waals surface area contributed by atoms with Gasteiger partial charge in [-0.05, 0) is 6.07 Å². The zero-order valence-electron chi connectivity index (χ0n) is 14.2. The van der Waals surface area contributed by atoms with Gasteiger partial charge in [-0.3, -0.25) is 4.90 Å². The summed E-state index contributed by atoms with van der Waals surface area (Å²) < 4.78 is 11.3. The van der Waals surface area contributed by atoms with E-state index in [9.17, 15) is 4.79 Å². The van der Waals surface area contributed by atoms with Crippen molar-refractivity contribution < 1.29 is 14.3 Å². The standard InChI is InChI=1S/C21H18N2O3/c24-21-17-15-8-4-5-9-16(15)22-19(14-6-2-1-3-7-14)18(17)20(26-21)23-10-12-25-13-11-23/h1-9,20H,10-13H2. The Bertz CT molecular complexity index is 981. The van der Waals surface area contributed by atoms with E-state index in [-0.39, 0.29) is 5.97 Å². The number of hydrogen-bond donors (Lipinski definition) is 0. The molecule has 0 bridgehead atoms. The average molecular weight is 346 g/mol. The third kappa shape index (κ3) is 2.40. The second-order valence-electron chi connectivity index (χ2n) is 6.54. The van der Waals surface area contributed by atoms with E-state index in [1.807, 2.05) is 54.6 Å². The number of esters is 1. The lowest BCUT2D eigenvalue weighted by Crippen LogP contribution is -2.39. The number of carbonyl (C=O) groups excluding carboxylic acids is 1. The smallest absolute Gasteiger partial charge is 0.341 e. The van der Waals surface area contributed by atoms with Gasteiger partial charge in [0.25, 0.3) is 0 Å². The Hall–Kier alpha value is -2.76. The van der Waals surface area contributed by atoms with Gasteiger partial charge in [0.1, 0.15) is 0 Å². The molecule has 1 atom stereocenters. The van der Waals surface area contributed by atoms with Gasteiger partial charge in [0.2, 0.25) is 0 Å². The first-order valence-corrected chi connectivity index (χ1v) is 8.84. The molecule has 1 saturated heterocycles. The predicted octanol–water partition coefficient (Wildman–Crippen LogP) is 3.40. The number of carbonyl (C=O) groups is 1. The van der Waals surface area contributed by atoms with Gasteiger partial charge in [0.15, 0.2) is 6.23 Å². The van der Waals surface area contributed by atoms with Gasteiger partial charge < -0.3 is 9.47 Å². The van der Waals surface area contributed by atoms with Gasteiger partial charge in [-0.2, -0.15) is 0 Å². The van der Waals surface area contributed by atoms with Crippen LogP contribution in [0.5, 0.6) is 0 Å². The lowest BCUT2D eigenvalue weighted by molar-refractivity contribution is -0.0657. The summed E-state index contributed by atoms with van der Waals surface area (Å²) in [5.74, 6) is -0.271. The number of cyclic esters (lactones) is 1. The SMILES string of the molecule is O=C1OC(N2CCOCC2)c2c(-c3ccccc3)nc3ccccc3c21. The largest absolute Gasteiger partial charge is 0.438 e. The van der Waals surface area contributed by atoms with E-state index in [0.717, 1.165) is 40.8 Å². The van der Waals surface area contributed by atoms with Crippen molar-refractivity contribution in [2.24, 2.45) is 0 Å². The van der Waals surface area contributed by atoms with Gasteiger partial charge in [0.05, 0.1) is 30.0 Å². The molecule has 0 amide bonds. The Morgan fingerprint density at radius 2 is 1.69 bits per heavy atom. The molecule has 5 heteroatoms. The summed E-state index contributed by atoms with van der Waals surface area (Å²) in [5, 5.41) is 0.850. The molecule has 0 saturated carbocycles. The van der Waals surface area contributed by atoms with E-state index in [2.05, 4.69) is 4.90 Å². The van der Waals surface area contributed by atoms with Crippen molar-refractivity contribution in [2.45, 2.75) is 6.23 Å². The van der Waals surface area contributed by atoms with Crippen LogP contribution < -0.4 is 0 Å². The number of para-hydroxylation sites is 1. The Morgan fingerprint density at radius 3 is 2.50 bits per heavy atom. The number of ether oxygens (including phenoxy) is 2. The molecule has 2 aliphatic rings. The highest BCUT2D eigenvalue weighted by atomic mass is 16.6. The molecule has 0 N–H and O–H groups in total. The number of nitrogens with zero attached hydrogens (tertiary/aromatic N) is 2. The first-order valence-electron chi connectivity index (χ1n) is 8.84. The number of hydrogen-bond acceptors (Lipinski definition) is 5. The van der Waals surface area contributed by atoms with Crippen molar-refractivity contribution in [2.75, 3.05) is 26.3 Å². The molecule has 0 spiro atoms. The fraction of sp³-hybridized carbons (Fsp3) is 0.238. The van der Waals surface area contributed by atoms with Crippen LogP contribution >= 0.6 is 0 Å². The maximum atomic E-state index is 12.8. The van der Waals surface area contributed by atoms with E-state index in [1.165, 1.54) is 0 Å². The predicted molar refractivity (Wildman–Crippen MR) is 97.7 cm³/mol. The summed E-state index contributed by atoms with van der Waals surface area (Å²) in [4.78, 5) is 19.9. The van der Waals surface area contributed by atoms with Crippen molar-refractivity contribution in [3.63, 3.8) is 0 Å². The van der Waals surface area contributed by atoms with E-state index < -0.39 is 6.23 Å². The molecule has 0 radical (unpaired) electrons. The van der Waals surface area contributed by atoms with Crippen molar-refractivity contribution in [3.8, 4) is 11.3 Å². The van der Waals surface area contributed by atoms with Crippen LogP contribution in [-0.4, -0.2) is 42.2 Å². The Labute approximate surface area is 151 Å². The lowest BCUT2D eigenvalue weighted by atomic mass is 9.96. The van der Waals surface area contributed by atoms with Crippen LogP contribution in [0.3, 0.4) is 0 Å². The molecule has 2 aliphatic heterocycles. The van der Waals surface area contributed by atoms with E-state index >= 15 is 0 Å². The molecular formula is C21H18N2O3. The minimum atomic E-state index is -0.409. The highest BCUT2D eigenvalue weighted by Crippen LogP contribution is 2.42. The first kappa shape index (κ1) is 15.5. The number of morpholine rings is 1. The highest BCUT2D eigenvalue weighted by molar-refractivity contribution is 6.08. The summed E-state index contributed by atoms with van der Waals surface area (Å²) in [5.41, 5.74) is 4.14. The summed E-state index contributed by atoms with van der Waals surface area (Å²) in [6, 6.07) is 17.8. The zero-order valence-corrected chi connectivity index (χ0v) is 14.2. The molecule has 3 aromatic rings. The van der Waals surface area contributed by atoms with Crippen LogP contribution in [0.1, 0.15) is 22.1 Å². The zero-order chi connectivity index (χ0) is 17.5. The maximum absolute atomic E-state index is 12.8. The van der Waals surface area contributed by atoms with E-state index in [4.69, 9.17) is 14.5 Å². The van der Waals surface area contributed by atoms with Crippen LogP contribution in [0.4, 0.5) is 0 Å². The molecule has 1 fully saturated rings. The molecule has 2 aromatic carbocycles. The van der Waals surface area contributed by atoms with Crippen LogP contribution in [0.2, 0.25) is 0 Å². The number of rotatable bonds is 2. The monoisotopic (exact) mass is 346 g/mol. The van der Waals surface area contributed by atoms with Crippen molar-refractivity contribution in [1.29, 1.82) is 0 Å². The van der Waals surface area contributed by atoms with Crippen molar-refractivity contribution in [3.05, 3.63) is 65.7 Å². The fourth-order valence-electron chi connectivity index (χ4n) is 3.79. The number of aromatic nitrogens is 1. The number of pyridine rings is 1. The van der Waals surface area contributed by atoms with E-state index in [0.29, 0.717) is 18.8 Å². The van der Waals surface area contributed by atoms with Crippen LogP contribution in [-0.2, 0) is 9.47 Å². The van der Waals surface area contributed by atoms with E-state index in [1.54, 1.807) is 0 Å². The molecule has 3 heterocycles. The summed E-state index contributed by atoms with van der Waals surface area (Å²) in [6.07, 6.45) is -0.409. The molecule has 26 heavy (non-hydrogen) atoms. The lowest BCUT2D eigenvalue weighted by Gasteiger charge is -2.31. The van der Waals surface area contributed by atoms with Gasteiger partial charge in [-0.15, -0.1) is 0 Å². The highest BCUT2D eigenvalue weighted by Gasteiger charge is 2.40. The van der Waals surface area contributed by atoms with Crippen LogP contribution in [0.15, 0.2) is 54.6 Å². The average Bonchev–Trinajstić information content (AvgIpc) is 3.06. The van der Waals surface area contributed by atoms with Crippen LogP contribution in [0.25, 0.3) is 22.2 Å². The third-order valence-corrected chi connectivity index (χ3v) is 5.02. The normalized spacial score (nSPS) is 20.2. The Balaban J connectivity index is 1.78.